The molecule has 3 nitrogen and oxygen atoms in total. The molecule has 0 aliphatic carbocycles. The molecule has 12 heavy (non-hydrogen) atoms. The van der Waals surface area contributed by atoms with E-state index in [0.717, 1.165) is 16.0 Å². The van der Waals surface area contributed by atoms with E-state index in [1.54, 1.807) is 4.68 Å². The van der Waals surface area contributed by atoms with Crippen molar-refractivity contribution in [2.24, 2.45) is 7.05 Å². The third kappa shape index (κ3) is 1.80. The van der Waals surface area contributed by atoms with Crippen LogP contribution in [0.2, 0.25) is 0 Å². The number of ether oxygens (including phenoxy) is 1. The predicted molar refractivity (Wildman–Crippen MR) is 51.4 cm³/mol. The van der Waals surface area contributed by atoms with Gasteiger partial charge >= 0.3 is 0 Å². The Labute approximate surface area is 80.8 Å². The number of hydrogen-bond acceptors (Lipinski definition) is 2. The molecular weight excluding hydrogens is 220 g/mol. The van der Waals surface area contributed by atoms with Gasteiger partial charge in [-0.05, 0) is 36.7 Å². The Kier molecular flexibility index (Phi) is 2.77. The summed E-state index contributed by atoms with van der Waals surface area (Å²) in [6.45, 7) is 5.93. The van der Waals surface area contributed by atoms with Crippen LogP contribution < -0.4 is 4.74 Å². The zero-order valence-corrected chi connectivity index (χ0v) is 9.34. The summed E-state index contributed by atoms with van der Waals surface area (Å²) in [7, 11) is 1.87. The maximum Gasteiger partial charge on any atom is 0.226 e. The van der Waals surface area contributed by atoms with Gasteiger partial charge in [-0.2, -0.15) is 5.10 Å². The highest BCUT2D eigenvalue weighted by atomic mass is 79.9. The largest absolute Gasteiger partial charge is 0.474 e. The van der Waals surface area contributed by atoms with Crippen molar-refractivity contribution in [3.05, 3.63) is 10.2 Å². The highest BCUT2D eigenvalue weighted by molar-refractivity contribution is 9.10. The third-order valence-corrected chi connectivity index (χ3v) is 2.36. The van der Waals surface area contributed by atoms with Crippen LogP contribution in [0.25, 0.3) is 0 Å². The molecule has 4 heteroatoms. The van der Waals surface area contributed by atoms with Gasteiger partial charge in [-0.1, -0.05) is 0 Å². The molecule has 0 saturated carbocycles. The van der Waals surface area contributed by atoms with E-state index in [9.17, 15) is 0 Å². The zero-order chi connectivity index (χ0) is 9.30. The molecule has 68 valence electrons. The number of rotatable bonds is 2. The lowest BCUT2D eigenvalue weighted by Crippen LogP contribution is -2.09. The van der Waals surface area contributed by atoms with Crippen molar-refractivity contribution in [3.8, 4) is 5.88 Å². The fourth-order valence-electron chi connectivity index (χ4n) is 0.962. The summed E-state index contributed by atoms with van der Waals surface area (Å²) >= 11 is 3.42. The maximum atomic E-state index is 5.55. The fourth-order valence-corrected chi connectivity index (χ4v) is 1.39. The van der Waals surface area contributed by atoms with E-state index >= 15 is 0 Å². The van der Waals surface area contributed by atoms with Gasteiger partial charge in [0.1, 0.15) is 4.47 Å². The number of nitrogens with zero attached hydrogens (tertiary/aromatic N) is 2. The van der Waals surface area contributed by atoms with E-state index in [1.165, 1.54) is 0 Å². The van der Waals surface area contributed by atoms with E-state index in [1.807, 2.05) is 27.8 Å². The molecule has 1 rings (SSSR count). The second-order valence-corrected chi connectivity index (χ2v) is 3.79. The molecule has 0 saturated heterocycles. The van der Waals surface area contributed by atoms with Crippen LogP contribution in [-0.4, -0.2) is 15.9 Å². The Morgan fingerprint density at radius 1 is 1.50 bits per heavy atom. The number of aryl methyl sites for hydroxylation is 2. The van der Waals surface area contributed by atoms with Crippen molar-refractivity contribution in [1.29, 1.82) is 0 Å². The molecular formula is C8H13BrN2O. The van der Waals surface area contributed by atoms with Gasteiger partial charge in [0.05, 0.1) is 11.8 Å². The summed E-state index contributed by atoms with van der Waals surface area (Å²) in [5, 5.41) is 4.21. The smallest absolute Gasteiger partial charge is 0.226 e. The average Bonchev–Trinajstić information content (AvgIpc) is 2.16. The topological polar surface area (TPSA) is 27.1 Å². The van der Waals surface area contributed by atoms with Crippen LogP contribution in [0.3, 0.4) is 0 Å². The highest BCUT2D eigenvalue weighted by Crippen LogP contribution is 2.27. The van der Waals surface area contributed by atoms with Gasteiger partial charge in [0, 0.05) is 7.05 Å². The van der Waals surface area contributed by atoms with Gasteiger partial charge in [-0.15, -0.1) is 0 Å². The fraction of sp³-hybridized carbons (Fsp3) is 0.625. The first-order valence-electron chi connectivity index (χ1n) is 3.88. The summed E-state index contributed by atoms with van der Waals surface area (Å²) in [5.74, 6) is 0.794. The van der Waals surface area contributed by atoms with Gasteiger partial charge in [0.15, 0.2) is 0 Å². The maximum absolute atomic E-state index is 5.55. The first kappa shape index (κ1) is 9.58. The van der Waals surface area contributed by atoms with Gasteiger partial charge in [0.25, 0.3) is 0 Å². The minimum absolute atomic E-state index is 0.177. The highest BCUT2D eigenvalue weighted by Gasteiger charge is 2.12. The van der Waals surface area contributed by atoms with Crippen molar-refractivity contribution < 1.29 is 4.74 Å². The number of hydrogen-bond donors (Lipinski definition) is 0. The normalized spacial score (nSPS) is 10.8. The predicted octanol–water partition coefficient (Wildman–Crippen LogP) is 2.28. The molecule has 1 heterocycles. The summed E-state index contributed by atoms with van der Waals surface area (Å²) in [4.78, 5) is 0. The van der Waals surface area contributed by atoms with Crippen molar-refractivity contribution >= 4 is 15.9 Å². The molecule has 0 aliphatic rings. The standard InChI is InChI=1S/C8H13BrN2O/c1-5(2)12-8-7(9)6(3)10-11(8)4/h5H,1-4H3. The SMILES string of the molecule is Cc1nn(C)c(OC(C)C)c1Br. The molecule has 0 radical (unpaired) electrons. The van der Waals surface area contributed by atoms with Crippen LogP contribution in [0, 0.1) is 6.92 Å². The Balaban J connectivity index is 2.97. The van der Waals surface area contributed by atoms with Crippen LogP contribution in [0.1, 0.15) is 19.5 Å². The van der Waals surface area contributed by atoms with Gasteiger partial charge in [-0.3, -0.25) is 0 Å². The molecule has 0 atom stereocenters. The van der Waals surface area contributed by atoms with Crippen molar-refractivity contribution in [2.45, 2.75) is 26.9 Å². The van der Waals surface area contributed by atoms with E-state index < -0.39 is 0 Å². The molecule has 0 aliphatic heterocycles. The van der Waals surface area contributed by atoms with Gasteiger partial charge < -0.3 is 4.74 Å². The summed E-state index contributed by atoms with van der Waals surface area (Å²) in [6, 6.07) is 0. The molecule has 1 aromatic rings. The molecule has 0 fully saturated rings. The van der Waals surface area contributed by atoms with Crippen LogP contribution >= 0.6 is 15.9 Å². The summed E-state index contributed by atoms with van der Waals surface area (Å²) < 4.78 is 8.23. The Morgan fingerprint density at radius 2 is 2.08 bits per heavy atom. The van der Waals surface area contributed by atoms with Gasteiger partial charge in [-0.25, -0.2) is 4.68 Å². The third-order valence-electron chi connectivity index (χ3n) is 1.45. The zero-order valence-electron chi connectivity index (χ0n) is 7.76. The lowest BCUT2D eigenvalue weighted by atomic mass is 10.4. The summed E-state index contributed by atoms with van der Waals surface area (Å²) in [6.07, 6.45) is 0.177. The van der Waals surface area contributed by atoms with Crippen molar-refractivity contribution in [1.82, 2.24) is 9.78 Å². The summed E-state index contributed by atoms with van der Waals surface area (Å²) in [5.41, 5.74) is 0.952. The lowest BCUT2D eigenvalue weighted by Gasteiger charge is -2.09. The quantitative estimate of drug-likeness (QED) is 0.783. The Bertz CT molecular complexity index is 281. The first-order chi connectivity index (χ1) is 5.52. The molecule has 0 unspecified atom stereocenters. The van der Waals surface area contributed by atoms with Crippen LogP contribution in [0.15, 0.2) is 4.47 Å². The van der Waals surface area contributed by atoms with E-state index in [-0.39, 0.29) is 6.10 Å². The minimum Gasteiger partial charge on any atom is -0.474 e. The molecule has 0 N–H and O–H groups in total. The minimum atomic E-state index is 0.177. The first-order valence-corrected chi connectivity index (χ1v) is 4.67. The lowest BCUT2D eigenvalue weighted by molar-refractivity contribution is 0.220. The monoisotopic (exact) mass is 232 g/mol. The number of halogens is 1. The van der Waals surface area contributed by atoms with E-state index in [2.05, 4.69) is 21.0 Å². The van der Waals surface area contributed by atoms with Crippen molar-refractivity contribution in [3.63, 3.8) is 0 Å². The van der Waals surface area contributed by atoms with E-state index in [4.69, 9.17) is 4.74 Å². The molecule has 1 aromatic heterocycles. The van der Waals surface area contributed by atoms with Crippen LogP contribution in [0.5, 0.6) is 5.88 Å². The van der Waals surface area contributed by atoms with E-state index in [0.29, 0.717) is 0 Å². The van der Waals surface area contributed by atoms with Crippen LogP contribution in [0.4, 0.5) is 0 Å². The number of aromatic nitrogens is 2. The molecule has 0 bridgehead atoms. The molecule has 0 amide bonds. The molecule has 0 spiro atoms. The van der Waals surface area contributed by atoms with Crippen molar-refractivity contribution in [2.75, 3.05) is 0 Å². The van der Waals surface area contributed by atoms with Crippen LogP contribution in [-0.2, 0) is 7.05 Å². The molecule has 0 aromatic carbocycles. The average molecular weight is 233 g/mol. The second kappa shape index (κ2) is 3.47. The van der Waals surface area contributed by atoms with Gasteiger partial charge in [0.2, 0.25) is 5.88 Å². The Morgan fingerprint density at radius 3 is 2.42 bits per heavy atom. The Hall–Kier alpha value is -0.510. The second-order valence-electron chi connectivity index (χ2n) is 2.99.